The molecule has 2 fully saturated rings. The molecule has 0 radical (unpaired) electrons. The van der Waals surface area contributed by atoms with E-state index in [9.17, 15) is 14.4 Å². The van der Waals surface area contributed by atoms with Gasteiger partial charge in [-0.1, -0.05) is 41.7 Å². The number of esters is 1. The molecule has 0 unspecified atom stereocenters. The van der Waals surface area contributed by atoms with Crippen molar-refractivity contribution in [1.29, 1.82) is 0 Å². The van der Waals surface area contributed by atoms with E-state index in [1.165, 1.54) is 0 Å². The van der Waals surface area contributed by atoms with Crippen molar-refractivity contribution in [2.45, 2.75) is 32.6 Å². The number of aromatic nitrogens is 1. The van der Waals surface area contributed by atoms with Gasteiger partial charge in [-0.05, 0) is 32.6 Å². The molecule has 1 aromatic heterocycles. The number of carbonyl (C=O) groups is 3. The summed E-state index contributed by atoms with van der Waals surface area (Å²) in [5, 5.41) is 3.26. The van der Waals surface area contributed by atoms with Crippen molar-refractivity contribution >= 4 is 34.3 Å². The molecule has 1 aliphatic carbocycles. The molecule has 4 rings (SSSR count). The van der Waals surface area contributed by atoms with E-state index in [1.807, 2.05) is 35.2 Å². The van der Waals surface area contributed by atoms with Crippen molar-refractivity contribution in [3.63, 3.8) is 0 Å². The van der Waals surface area contributed by atoms with Crippen LogP contribution in [0.1, 0.15) is 42.3 Å². The van der Waals surface area contributed by atoms with E-state index in [4.69, 9.17) is 4.74 Å². The predicted molar refractivity (Wildman–Crippen MR) is 114 cm³/mol. The van der Waals surface area contributed by atoms with Crippen LogP contribution in [0.5, 0.6) is 0 Å². The van der Waals surface area contributed by atoms with Crippen LogP contribution in [-0.4, -0.2) is 47.4 Å². The van der Waals surface area contributed by atoms with E-state index in [2.05, 4.69) is 10.3 Å². The Morgan fingerprint density at radius 1 is 1.10 bits per heavy atom. The van der Waals surface area contributed by atoms with Crippen LogP contribution in [0, 0.1) is 11.8 Å². The fraction of sp³-hybridized carbons (Fsp3) is 0.455. The van der Waals surface area contributed by atoms with Gasteiger partial charge in [0.1, 0.15) is 4.88 Å². The van der Waals surface area contributed by atoms with E-state index in [0.717, 1.165) is 29.7 Å². The number of likely N-dealkylation sites (tertiary alicyclic amines) is 1. The van der Waals surface area contributed by atoms with Gasteiger partial charge in [0.25, 0.3) is 0 Å². The van der Waals surface area contributed by atoms with Gasteiger partial charge in [0.2, 0.25) is 11.8 Å². The van der Waals surface area contributed by atoms with Crippen molar-refractivity contribution in [2.24, 2.45) is 11.8 Å². The summed E-state index contributed by atoms with van der Waals surface area (Å²) in [5.41, 5.74) is 1.31. The number of ether oxygens (including phenoxy) is 1. The van der Waals surface area contributed by atoms with Crippen LogP contribution >= 0.6 is 11.3 Å². The number of benzene rings is 1. The first kappa shape index (κ1) is 20.5. The van der Waals surface area contributed by atoms with Crippen LogP contribution in [0.2, 0.25) is 0 Å². The molecule has 1 aromatic carbocycles. The monoisotopic (exact) mass is 427 g/mol. The standard InChI is InChI=1S/C22H25N3O4S/c1-2-29-21(28)18-17(14-6-4-3-5-7-14)23-22(30-18)24-19(26)15-10-12-25(13-11-15)20(27)16-8-9-16/h3-7,15-16H,2,8-13H2,1H3,(H,23,24,26). The molecule has 2 aromatic rings. The molecule has 2 aliphatic rings. The van der Waals surface area contributed by atoms with Gasteiger partial charge in [0.05, 0.1) is 12.3 Å². The van der Waals surface area contributed by atoms with Crippen molar-refractivity contribution in [2.75, 3.05) is 25.0 Å². The van der Waals surface area contributed by atoms with Gasteiger partial charge in [-0.25, -0.2) is 9.78 Å². The van der Waals surface area contributed by atoms with E-state index >= 15 is 0 Å². The van der Waals surface area contributed by atoms with E-state index in [0.29, 0.717) is 41.6 Å². The molecule has 2 amide bonds. The highest BCUT2D eigenvalue weighted by Gasteiger charge is 2.36. The Labute approximate surface area is 179 Å². The zero-order chi connectivity index (χ0) is 21.1. The van der Waals surface area contributed by atoms with Crippen LogP contribution < -0.4 is 5.32 Å². The Bertz CT molecular complexity index is 931. The van der Waals surface area contributed by atoms with E-state index in [-0.39, 0.29) is 30.3 Å². The average molecular weight is 428 g/mol. The summed E-state index contributed by atoms with van der Waals surface area (Å²) in [7, 11) is 0. The van der Waals surface area contributed by atoms with Crippen LogP contribution in [0.25, 0.3) is 11.3 Å². The minimum Gasteiger partial charge on any atom is -0.462 e. The third-order valence-electron chi connectivity index (χ3n) is 5.47. The van der Waals surface area contributed by atoms with Gasteiger partial charge in [-0.15, -0.1) is 0 Å². The average Bonchev–Trinajstić information content (AvgIpc) is 3.54. The zero-order valence-electron chi connectivity index (χ0n) is 16.9. The van der Waals surface area contributed by atoms with Crippen molar-refractivity contribution in [3.05, 3.63) is 35.2 Å². The number of hydrogen-bond acceptors (Lipinski definition) is 6. The summed E-state index contributed by atoms with van der Waals surface area (Å²) in [4.78, 5) is 44.1. The Hall–Kier alpha value is -2.74. The first-order valence-electron chi connectivity index (χ1n) is 10.4. The number of amides is 2. The lowest BCUT2D eigenvalue weighted by atomic mass is 9.95. The molecule has 1 saturated carbocycles. The van der Waals surface area contributed by atoms with Crippen LogP contribution in [0.4, 0.5) is 5.13 Å². The maximum absolute atomic E-state index is 12.8. The Kier molecular flexibility index (Phi) is 6.13. The number of thiazole rings is 1. The van der Waals surface area contributed by atoms with Gasteiger partial charge in [-0.2, -0.15) is 0 Å². The number of nitrogens with zero attached hydrogens (tertiary/aromatic N) is 2. The molecule has 7 nitrogen and oxygen atoms in total. The second-order valence-electron chi connectivity index (χ2n) is 7.65. The van der Waals surface area contributed by atoms with Gasteiger partial charge in [0, 0.05) is 30.5 Å². The van der Waals surface area contributed by atoms with Crippen molar-refractivity contribution in [1.82, 2.24) is 9.88 Å². The molecule has 2 heterocycles. The summed E-state index contributed by atoms with van der Waals surface area (Å²) >= 11 is 1.13. The lowest BCUT2D eigenvalue weighted by Crippen LogP contribution is -2.42. The highest BCUT2D eigenvalue weighted by molar-refractivity contribution is 7.18. The fourth-order valence-electron chi connectivity index (χ4n) is 3.66. The summed E-state index contributed by atoms with van der Waals surface area (Å²) in [6, 6.07) is 9.38. The molecular weight excluding hydrogens is 402 g/mol. The summed E-state index contributed by atoms with van der Waals surface area (Å²) < 4.78 is 5.16. The summed E-state index contributed by atoms with van der Waals surface area (Å²) in [6.45, 7) is 3.26. The fourth-order valence-corrected chi connectivity index (χ4v) is 4.54. The van der Waals surface area contributed by atoms with Gasteiger partial charge >= 0.3 is 5.97 Å². The molecule has 0 spiro atoms. The number of nitrogens with one attached hydrogen (secondary N) is 1. The quantitative estimate of drug-likeness (QED) is 0.712. The SMILES string of the molecule is CCOC(=O)c1sc(NC(=O)C2CCN(C(=O)C3CC3)CC2)nc1-c1ccccc1. The topological polar surface area (TPSA) is 88.6 Å². The van der Waals surface area contributed by atoms with E-state index < -0.39 is 5.97 Å². The van der Waals surface area contributed by atoms with Gasteiger partial charge in [0.15, 0.2) is 5.13 Å². The lowest BCUT2D eigenvalue weighted by molar-refractivity contribution is -0.135. The number of anilines is 1. The minimum absolute atomic E-state index is 0.114. The molecule has 1 saturated heterocycles. The maximum atomic E-state index is 12.8. The number of carbonyl (C=O) groups excluding carboxylic acids is 3. The lowest BCUT2D eigenvalue weighted by Gasteiger charge is -2.31. The molecule has 1 N–H and O–H groups in total. The molecule has 1 aliphatic heterocycles. The Morgan fingerprint density at radius 2 is 1.80 bits per heavy atom. The highest BCUT2D eigenvalue weighted by atomic mass is 32.1. The second kappa shape index (κ2) is 8.95. The molecule has 8 heteroatoms. The molecule has 30 heavy (non-hydrogen) atoms. The molecule has 0 atom stereocenters. The number of piperidine rings is 1. The van der Waals surface area contributed by atoms with Crippen molar-refractivity contribution < 1.29 is 19.1 Å². The Balaban J connectivity index is 1.44. The smallest absolute Gasteiger partial charge is 0.350 e. The second-order valence-corrected chi connectivity index (χ2v) is 8.65. The normalized spacial score (nSPS) is 16.9. The first-order valence-corrected chi connectivity index (χ1v) is 11.2. The van der Waals surface area contributed by atoms with Crippen LogP contribution in [0.15, 0.2) is 30.3 Å². The van der Waals surface area contributed by atoms with E-state index in [1.54, 1.807) is 6.92 Å². The number of rotatable bonds is 6. The Morgan fingerprint density at radius 3 is 2.43 bits per heavy atom. The largest absolute Gasteiger partial charge is 0.462 e. The molecule has 158 valence electrons. The minimum atomic E-state index is -0.443. The summed E-state index contributed by atoms with van der Waals surface area (Å²) in [6.07, 6.45) is 3.28. The first-order chi connectivity index (χ1) is 14.6. The van der Waals surface area contributed by atoms with Gasteiger partial charge < -0.3 is 15.0 Å². The maximum Gasteiger partial charge on any atom is 0.350 e. The predicted octanol–water partition coefficient (Wildman–Crippen LogP) is 3.57. The van der Waals surface area contributed by atoms with Crippen LogP contribution in [0.3, 0.4) is 0 Å². The number of hydrogen-bond donors (Lipinski definition) is 1. The third kappa shape index (κ3) is 4.53. The van der Waals surface area contributed by atoms with Gasteiger partial charge in [-0.3, -0.25) is 9.59 Å². The zero-order valence-corrected chi connectivity index (χ0v) is 17.7. The highest BCUT2D eigenvalue weighted by Crippen LogP contribution is 2.34. The third-order valence-corrected chi connectivity index (χ3v) is 6.42. The summed E-state index contributed by atoms with van der Waals surface area (Å²) in [5.74, 6) is -0.273. The van der Waals surface area contributed by atoms with Crippen LogP contribution in [-0.2, 0) is 14.3 Å². The molecule has 0 bridgehead atoms. The molecular formula is C22H25N3O4S. The van der Waals surface area contributed by atoms with Crippen molar-refractivity contribution in [3.8, 4) is 11.3 Å².